The van der Waals surface area contributed by atoms with Gasteiger partial charge in [-0.2, -0.15) is 0 Å². The molecule has 30 heteroatoms. The van der Waals surface area contributed by atoms with Gasteiger partial charge in [-0.3, -0.25) is 24.0 Å². The molecule has 746 valence electrons. The predicted octanol–water partition coefficient (Wildman–Crippen LogP) is 10.9. The smallest absolute Gasteiger partial charge is 0.258 e. The Labute approximate surface area is 812 Å². The number of phenolic OH excluding ortho intramolecular Hbond substituents is 4. The quantitative estimate of drug-likeness (QED) is 0.0213. The summed E-state index contributed by atoms with van der Waals surface area (Å²) >= 11 is 0. The number of amides is 5. The van der Waals surface area contributed by atoms with E-state index >= 15 is 0 Å². The molecule has 6 heterocycles. The highest BCUT2D eigenvalue weighted by Crippen LogP contribution is 2.43. The Morgan fingerprint density at radius 1 is 0.471 bits per heavy atom. The van der Waals surface area contributed by atoms with Gasteiger partial charge in [-0.25, -0.2) is 0 Å². The van der Waals surface area contributed by atoms with E-state index < -0.39 is 18.3 Å². The first-order valence-corrected chi connectivity index (χ1v) is 47.8. The third kappa shape index (κ3) is 25.2. The number of nitrogens with zero attached hydrogens (tertiary/aromatic N) is 6. The molecule has 8 atom stereocenters. The summed E-state index contributed by atoms with van der Waals surface area (Å²) in [6.45, 7) is 21.6. The monoisotopic (exact) mass is 1900 g/mol. The number of phenols is 4. The zero-order valence-electron chi connectivity index (χ0n) is 83.3. The van der Waals surface area contributed by atoms with Gasteiger partial charge in [0.25, 0.3) is 29.5 Å². The summed E-state index contributed by atoms with van der Waals surface area (Å²) in [5.41, 5.74) is 21.5. The van der Waals surface area contributed by atoms with E-state index in [-0.39, 0.29) is 113 Å². The van der Waals surface area contributed by atoms with Crippen molar-refractivity contribution in [2.24, 2.45) is 23.7 Å². The van der Waals surface area contributed by atoms with Crippen LogP contribution in [0.15, 0.2) is 183 Å². The van der Waals surface area contributed by atoms with Crippen LogP contribution in [0.4, 0.5) is 0 Å². The van der Waals surface area contributed by atoms with E-state index in [0.717, 1.165) is 121 Å². The fraction of sp³-hybridized carbons (Fsp3) is 0.472. The van der Waals surface area contributed by atoms with Crippen LogP contribution < -0.4 is 30.7 Å². The van der Waals surface area contributed by atoms with Crippen LogP contribution in [-0.4, -0.2) is 272 Å². The molecule has 14 N–H and O–H groups in total. The van der Waals surface area contributed by atoms with Gasteiger partial charge in [-0.05, 0) is 224 Å². The highest BCUT2D eigenvalue weighted by Gasteiger charge is 2.41. The van der Waals surface area contributed by atoms with Crippen molar-refractivity contribution in [2.75, 3.05) is 143 Å². The molecule has 1 saturated heterocycles. The van der Waals surface area contributed by atoms with E-state index in [2.05, 4.69) is 74.1 Å². The average Bonchev–Trinajstić information content (AvgIpc) is 1.63. The van der Waals surface area contributed by atoms with Gasteiger partial charge in [0.15, 0.2) is 0 Å². The van der Waals surface area contributed by atoms with E-state index in [1.54, 1.807) is 79.4 Å². The van der Waals surface area contributed by atoms with Crippen molar-refractivity contribution < 1.29 is 98.7 Å². The second-order valence-electron chi connectivity index (χ2n) is 37.4. The van der Waals surface area contributed by atoms with Crippen molar-refractivity contribution >= 4 is 29.5 Å². The van der Waals surface area contributed by atoms with Gasteiger partial charge in [-0.15, -0.1) is 0 Å². The summed E-state index contributed by atoms with van der Waals surface area (Å²) in [4.78, 5) is 76.1. The Morgan fingerprint density at radius 3 is 1.28 bits per heavy atom. The predicted molar refractivity (Wildman–Crippen MR) is 530 cm³/mol. The number of likely N-dealkylation sites (N-methyl/N-ethyl adjacent to an activating group) is 4. The third-order valence-corrected chi connectivity index (χ3v) is 27.1. The fourth-order valence-corrected chi connectivity index (χ4v) is 19.1. The molecule has 0 spiro atoms. The molecule has 30 nitrogen and oxygen atoms in total. The fourth-order valence-electron chi connectivity index (χ4n) is 19.1. The van der Waals surface area contributed by atoms with Crippen LogP contribution in [0.1, 0.15) is 190 Å². The van der Waals surface area contributed by atoms with Crippen LogP contribution in [0, 0.1) is 23.7 Å². The molecule has 0 saturated carbocycles. The van der Waals surface area contributed by atoms with Crippen molar-refractivity contribution in [3.8, 4) is 34.5 Å². The van der Waals surface area contributed by atoms with Crippen molar-refractivity contribution in [3.63, 3.8) is 0 Å². The lowest BCUT2D eigenvalue weighted by Crippen LogP contribution is -2.33. The molecule has 10 aliphatic rings. The minimum absolute atomic E-state index is 0.000886. The van der Waals surface area contributed by atoms with Crippen molar-refractivity contribution in [3.05, 3.63) is 267 Å². The standard InChI is InChI=1S/C23H32N2O4.C22H30N2O4.C21H25NO4.C20H26N2O4.C20H24N2O4.C2H7N/c1-14(2)18-9-19(20(26)10-22(18)29-5)23(28)25-11-16-7-6-15(8-17(16)12-25)21(27)13-24(3)4;1-13(2)17-8-18(20(26)9-21(17)28-4)22(27)24-10-15-6-5-14(7-16(15)11-24)19(12-25)23-3;1-4-13-8-17(19(25-3)9-18(13)24-2)21(23)22-10-15-6-5-14(20-12-26-20)7-16(15)11-22;1-3-12-6-17(19(25)7-18(12)24)20(26)22-9-14-4-13(8-21-2)16(11-23)5-15(14)10-22;1-3-12-7-16(19(25)8-18(12)24)20(26)22-9-14-5-4-13(6-15(14)10-22)17(11-23)21-2;1-3-2/h6-9,14,20-21,26-27H,10-13H2,1-5H3;5-8,13,19-20,23,25-26H,9-12H2,1-4H3;5-6,8-9,14,20H,4,7,10-12H2,1-3H3;4,6-7,16,21,23-25H,3,5,8-11H2,1-2H3;4-8,17,21,23-25H,3,9-11H2,1-2H3;3H,1-2H3. The van der Waals surface area contributed by atoms with Crippen LogP contribution in [0.2, 0.25) is 0 Å². The first kappa shape index (κ1) is 107. The number of hydrogen-bond acceptors (Lipinski definition) is 25. The molecule has 6 aliphatic heterocycles. The summed E-state index contributed by atoms with van der Waals surface area (Å²) < 4.78 is 27.2. The van der Waals surface area contributed by atoms with E-state index in [1.807, 2.05) is 133 Å². The van der Waals surface area contributed by atoms with Gasteiger partial charge in [0.2, 0.25) is 0 Å². The number of methoxy groups -OCH3 is 4. The number of fused-ring (bicyclic) bond motifs is 3. The molecule has 138 heavy (non-hydrogen) atoms. The number of rotatable bonds is 27. The Bertz CT molecular complexity index is 5660. The Kier molecular flexibility index (Phi) is 37.9. The maximum absolute atomic E-state index is 13.2. The molecule has 4 aliphatic carbocycles. The van der Waals surface area contributed by atoms with Crippen molar-refractivity contribution in [1.29, 1.82) is 0 Å². The van der Waals surface area contributed by atoms with Gasteiger partial charge in [0.05, 0.1) is 101 Å². The molecule has 16 rings (SSSR count). The van der Waals surface area contributed by atoms with Crippen LogP contribution in [0.25, 0.3) is 0 Å². The summed E-state index contributed by atoms with van der Waals surface area (Å²) in [5, 5.41) is 112. The molecule has 8 unspecified atom stereocenters. The number of aromatic hydroxyl groups is 4. The summed E-state index contributed by atoms with van der Waals surface area (Å²) in [5.74, 6) is 2.61. The van der Waals surface area contributed by atoms with Gasteiger partial charge < -0.3 is 125 Å². The van der Waals surface area contributed by atoms with Crippen LogP contribution >= 0.6 is 0 Å². The summed E-state index contributed by atoms with van der Waals surface area (Å²) in [6.07, 6.45) is 12.6. The SMILES string of the molecule is CCc1cc(C(=O)N2CC3=C(CC(C4CO4)C=C3)C2)c(OC)cc1OC.CCc1cc(C(=O)N2CC3=C(CC(CO)C(CNC)=C3)C2)c(O)cc1O.CCc1cc(C(=O)N2Cc3ccc(C(CO)NC)cc3C2)c(O)cc1O.CNC.CNC(CO)c1ccc2c(c1)CN(C(=O)C1=CC(C(C)C)=C(OC)CC1O)C2.COC1=C(C(C)C)C=C(C(=O)N2Cc3ccc(C(O)CN(C)C)cc3C2)C(O)C1. The first-order chi connectivity index (χ1) is 66.1. The number of allylic oxidation sites excluding steroid dienone is 4. The van der Waals surface area contributed by atoms with Crippen LogP contribution in [0.3, 0.4) is 0 Å². The maximum atomic E-state index is 13.2. The topological polar surface area (TPSA) is 405 Å². The summed E-state index contributed by atoms with van der Waals surface area (Å²) in [7, 11) is 19.5. The zero-order chi connectivity index (χ0) is 100. The first-order valence-electron chi connectivity index (χ1n) is 47.8. The molecule has 6 aromatic carbocycles. The second-order valence-corrected chi connectivity index (χ2v) is 37.4. The molecular weight excluding hydrogens is 1760 g/mol. The van der Waals surface area contributed by atoms with Gasteiger partial charge in [-0.1, -0.05) is 127 Å². The number of aryl methyl sites for hydroxylation is 3. The highest BCUT2D eigenvalue weighted by molar-refractivity contribution is 6.00. The number of nitrogens with one attached hydrogen (secondary N) is 4. The van der Waals surface area contributed by atoms with E-state index in [1.165, 1.54) is 28.9 Å². The Morgan fingerprint density at radius 2 is 0.877 bits per heavy atom. The van der Waals surface area contributed by atoms with Crippen LogP contribution in [0.5, 0.6) is 34.5 Å². The molecule has 6 aromatic rings. The Hall–Kier alpha value is -11.5. The maximum Gasteiger partial charge on any atom is 0.258 e. The van der Waals surface area contributed by atoms with E-state index in [4.69, 9.17) is 23.7 Å². The van der Waals surface area contributed by atoms with Crippen molar-refractivity contribution in [2.45, 2.75) is 169 Å². The minimum atomic E-state index is -0.860. The minimum Gasteiger partial charge on any atom is -0.508 e. The van der Waals surface area contributed by atoms with Crippen LogP contribution in [-0.2, 0) is 82.3 Å². The highest BCUT2D eigenvalue weighted by atomic mass is 16.6. The molecule has 5 amide bonds. The number of carbonyl (C=O) groups excluding carboxylic acids is 5. The number of hydrogen-bond donors (Lipinski definition) is 14. The molecule has 0 bridgehead atoms. The van der Waals surface area contributed by atoms with Gasteiger partial charge >= 0.3 is 0 Å². The largest absolute Gasteiger partial charge is 0.508 e. The normalized spacial score (nSPS) is 19.4. The molecule has 0 aromatic heterocycles. The zero-order valence-corrected chi connectivity index (χ0v) is 83.3. The lowest BCUT2D eigenvalue weighted by atomic mass is 9.85. The average molecular weight is 1900 g/mol. The second kappa shape index (κ2) is 48.9. The number of ether oxygens (including phenoxy) is 5. The number of carbonyl (C=O) groups is 5. The number of aliphatic hydroxyl groups excluding tert-OH is 6. The molecule has 0 radical (unpaired) electrons. The lowest BCUT2D eigenvalue weighted by Gasteiger charge is -2.27. The van der Waals surface area contributed by atoms with Gasteiger partial charge in [0.1, 0.15) is 46.0 Å². The van der Waals surface area contributed by atoms with Crippen molar-refractivity contribution in [1.82, 2.24) is 50.7 Å². The van der Waals surface area contributed by atoms with E-state index in [0.29, 0.717) is 150 Å². The van der Waals surface area contributed by atoms with Gasteiger partial charge in [0, 0.05) is 139 Å². The molecule has 1 fully saturated rings. The lowest BCUT2D eigenvalue weighted by molar-refractivity contribution is -0.129. The Balaban J connectivity index is 0.000000164. The van der Waals surface area contributed by atoms with E-state index in [9.17, 15) is 75.0 Å². The number of aliphatic hydroxyl groups is 6. The molecular formula is C108H144N10O20. The summed E-state index contributed by atoms with van der Waals surface area (Å²) in [6, 6.07) is 27.0. The third-order valence-electron chi connectivity index (χ3n) is 27.1. The number of epoxide rings is 1. The number of benzene rings is 6.